The second-order valence-electron chi connectivity index (χ2n) is 5.66. The number of nitrogens with zero attached hydrogens (tertiary/aromatic N) is 3. The Kier molecular flexibility index (Phi) is 4.43. The SMILES string of the molecule is NC1=NC2(CCCCC2)N(c2ccccc2SC(F)F)C(N)=N1. The molecule has 0 amide bonds. The van der Waals surface area contributed by atoms with Crippen molar-refractivity contribution in [3.63, 3.8) is 0 Å². The van der Waals surface area contributed by atoms with Crippen molar-refractivity contribution in [2.45, 2.75) is 48.4 Å². The monoisotopic (exact) mass is 339 g/mol. The van der Waals surface area contributed by atoms with Crippen LogP contribution in [0.2, 0.25) is 0 Å². The minimum absolute atomic E-state index is 0.152. The molecule has 0 radical (unpaired) electrons. The first-order chi connectivity index (χ1) is 11.0. The predicted molar refractivity (Wildman–Crippen MR) is 89.8 cm³/mol. The fourth-order valence-corrected chi connectivity index (χ4v) is 3.94. The van der Waals surface area contributed by atoms with E-state index in [9.17, 15) is 8.78 Å². The highest BCUT2D eigenvalue weighted by molar-refractivity contribution is 7.99. The van der Waals surface area contributed by atoms with Crippen molar-refractivity contribution in [1.29, 1.82) is 0 Å². The van der Waals surface area contributed by atoms with Crippen LogP contribution in [0.1, 0.15) is 32.1 Å². The number of benzene rings is 1. The number of halogens is 2. The van der Waals surface area contributed by atoms with Crippen LogP contribution in [0.5, 0.6) is 0 Å². The molecule has 1 aromatic carbocycles. The number of rotatable bonds is 3. The molecule has 1 aliphatic carbocycles. The summed E-state index contributed by atoms with van der Waals surface area (Å²) in [6.07, 6.45) is 4.65. The highest BCUT2D eigenvalue weighted by Crippen LogP contribution is 2.43. The van der Waals surface area contributed by atoms with E-state index < -0.39 is 11.4 Å². The van der Waals surface area contributed by atoms with Crippen molar-refractivity contribution in [2.75, 3.05) is 4.90 Å². The van der Waals surface area contributed by atoms with Gasteiger partial charge in [-0.05, 0) is 37.8 Å². The Morgan fingerprint density at radius 1 is 1.13 bits per heavy atom. The van der Waals surface area contributed by atoms with Gasteiger partial charge in [0.15, 0.2) is 0 Å². The number of thioether (sulfide) groups is 1. The van der Waals surface area contributed by atoms with Gasteiger partial charge in [0.05, 0.1) is 5.69 Å². The lowest BCUT2D eigenvalue weighted by molar-refractivity contribution is 0.252. The van der Waals surface area contributed by atoms with Crippen molar-refractivity contribution < 1.29 is 8.78 Å². The molecule has 4 N–H and O–H groups in total. The van der Waals surface area contributed by atoms with Crippen molar-refractivity contribution >= 4 is 29.4 Å². The number of nitrogens with two attached hydrogens (primary N) is 2. The van der Waals surface area contributed by atoms with Crippen LogP contribution in [-0.2, 0) is 0 Å². The average Bonchev–Trinajstić information content (AvgIpc) is 2.48. The number of guanidine groups is 2. The molecule has 2 aliphatic rings. The molecule has 0 bridgehead atoms. The van der Waals surface area contributed by atoms with Gasteiger partial charge >= 0.3 is 0 Å². The number of hydrogen-bond donors (Lipinski definition) is 2. The van der Waals surface area contributed by atoms with E-state index in [0.29, 0.717) is 22.3 Å². The normalized spacial score (nSPS) is 20.6. The Morgan fingerprint density at radius 3 is 2.52 bits per heavy atom. The fourth-order valence-electron chi connectivity index (χ4n) is 3.31. The maximum absolute atomic E-state index is 12.9. The van der Waals surface area contributed by atoms with Gasteiger partial charge in [-0.3, -0.25) is 4.90 Å². The number of aliphatic imine (C=N–C) groups is 2. The van der Waals surface area contributed by atoms with E-state index in [1.54, 1.807) is 29.2 Å². The largest absolute Gasteiger partial charge is 0.369 e. The summed E-state index contributed by atoms with van der Waals surface area (Å²) in [5.41, 5.74) is 11.9. The van der Waals surface area contributed by atoms with Crippen LogP contribution < -0.4 is 16.4 Å². The summed E-state index contributed by atoms with van der Waals surface area (Å²) in [7, 11) is 0. The molecular formula is C15H19F2N5S. The van der Waals surface area contributed by atoms with E-state index in [4.69, 9.17) is 11.5 Å². The lowest BCUT2D eigenvalue weighted by Gasteiger charge is -2.46. The molecule has 0 atom stereocenters. The molecule has 5 nitrogen and oxygen atoms in total. The Labute approximate surface area is 137 Å². The summed E-state index contributed by atoms with van der Waals surface area (Å²) in [5, 5.41) is 0. The molecule has 124 valence electrons. The molecule has 1 fully saturated rings. The molecule has 8 heteroatoms. The van der Waals surface area contributed by atoms with Crippen molar-refractivity contribution in [1.82, 2.24) is 0 Å². The van der Waals surface area contributed by atoms with E-state index in [1.165, 1.54) is 0 Å². The summed E-state index contributed by atoms with van der Waals surface area (Å²) < 4.78 is 25.8. The number of para-hydroxylation sites is 1. The number of alkyl halides is 2. The Morgan fingerprint density at radius 2 is 1.83 bits per heavy atom. The molecule has 1 aliphatic heterocycles. The van der Waals surface area contributed by atoms with Gasteiger partial charge in [0, 0.05) is 4.90 Å². The lowest BCUT2D eigenvalue weighted by Crippen LogP contribution is -2.58. The van der Waals surface area contributed by atoms with Gasteiger partial charge in [-0.2, -0.15) is 13.8 Å². The molecule has 0 aromatic heterocycles. The lowest BCUT2D eigenvalue weighted by atomic mass is 9.87. The topological polar surface area (TPSA) is 80.0 Å². The van der Waals surface area contributed by atoms with Gasteiger partial charge in [0.25, 0.3) is 5.76 Å². The summed E-state index contributed by atoms with van der Waals surface area (Å²) >= 11 is 0.504. The fraction of sp³-hybridized carbons (Fsp3) is 0.467. The molecule has 1 heterocycles. The molecule has 1 aromatic rings. The first-order valence-electron chi connectivity index (χ1n) is 7.55. The molecular weight excluding hydrogens is 320 g/mol. The Balaban J connectivity index is 2.07. The van der Waals surface area contributed by atoms with Crippen LogP contribution in [0.3, 0.4) is 0 Å². The number of hydrogen-bond acceptors (Lipinski definition) is 6. The summed E-state index contributed by atoms with van der Waals surface area (Å²) in [5.74, 6) is -2.14. The standard InChI is InChI=1S/C15H19F2N5S/c16-12(17)23-11-7-3-2-6-10(11)22-14(19)20-13(18)21-15(22)8-4-1-5-9-15/h2-3,6-7,12H,1,4-5,8-9H2,(H4,18,19,20,21). The molecule has 0 unspecified atom stereocenters. The van der Waals surface area contributed by atoms with Gasteiger partial charge in [0.2, 0.25) is 11.9 Å². The van der Waals surface area contributed by atoms with Crippen LogP contribution in [0.15, 0.2) is 39.1 Å². The van der Waals surface area contributed by atoms with Gasteiger partial charge in [-0.1, -0.05) is 30.3 Å². The van der Waals surface area contributed by atoms with Crippen LogP contribution in [0, 0.1) is 0 Å². The summed E-state index contributed by atoms with van der Waals surface area (Å²) in [6, 6.07) is 6.98. The Hall–Kier alpha value is -1.83. The smallest absolute Gasteiger partial charge is 0.288 e. The molecule has 0 saturated heterocycles. The summed E-state index contributed by atoms with van der Waals surface area (Å²) in [6.45, 7) is 0. The van der Waals surface area contributed by atoms with Crippen LogP contribution in [0.4, 0.5) is 14.5 Å². The average molecular weight is 339 g/mol. The summed E-state index contributed by atoms with van der Waals surface area (Å²) in [4.78, 5) is 10.9. The minimum atomic E-state index is -2.50. The van der Waals surface area contributed by atoms with Crippen LogP contribution in [-0.4, -0.2) is 23.3 Å². The van der Waals surface area contributed by atoms with Crippen molar-refractivity contribution in [3.05, 3.63) is 24.3 Å². The predicted octanol–water partition coefficient (Wildman–Crippen LogP) is 3.11. The van der Waals surface area contributed by atoms with E-state index in [0.717, 1.165) is 32.1 Å². The highest BCUT2D eigenvalue weighted by atomic mass is 32.2. The molecule has 1 spiro atoms. The molecule has 1 saturated carbocycles. The van der Waals surface area contributed by atoms with Crippen molar-refractivity contribution in [2.24, 2.45) is 21.5 Å². The minimum Gasteiger partial charge on any atom is -0.369 e. The zero-order valence-corrected chi connectivity index (χ0v) is 13.4. The first-order valence-corrected chi connectivity index (χ1v) is 8.43. The van der Waals surface area contributed by atoms with E-state index in [1.807, 2.05) is 0 Å². The molecule has 3 rings (SSSR count). The van der Waals surface area contributed by atoms with Crippen molar-refractivity contribution in [3.8, 4) is 0 Å². The second-order valence-corrected chi connectivity index (χ2v) is 6.70. The Bertz CT molecular complexity index is 641. The third-order valence-electron chi connectivity index (χ3n) is 4.17. The van der Waals surface area contributed by atoms with Crippen LogP contribution in [0.25, 0.3) is 0 Å². The van der Waals surface area contributed by atoms with Gasteiger partial charge in [0.1, 0.15) is 5.66 Å². The van der Waals surface area contributed by atoms with E-state index >= 15 is 0 Å². The van der Waals surface area contributed by atoms with E-state index in [-0.39, 0.29) is 11.9 Å². The maximum Gasteiger partial charge on any atom is 0.288 e. The van der Waals surface area contributed by atoms with E-state index in [2.05, 4.69) is 9.98 Å². The highest BCUT2D eigenvalue weighted by Gasteiger charge is 2.43. The first kappa shape index (κ1) is 16.0. The quantitative estimate of drug-likeness (QED) is 0.829. The third-order valence-corrected chi connectivity index (χ3v) is 4.95. The third kappa shape index (κ3) is 3.12. The van der Waals surface area contributed by atoms with Gasteiger partial charge < -0.3 is 11.5 Å². The van der Waals surface area contributed by atoms with Crippen LogP contribution >= 0.6 is 11.8 Å². The van der Waals surface area contributed by atoms with Gasteiger partial charge in [-0.25, -0.2) is 4.99 Å². The molecule has 23 heavy (non-hydrogen) atoms. The maximum atomic E-state index is 12.9. The second kappa shape index (κ2) is 6.35. The zero-order valence-electron chi connectivity index (χ0n) is 12.6. The number of anilines is 1. The zero-order chi connectivity index (χ0) is 16.4. The van der Waals surface area contributed by atoms with Gasteiger partial charge in [-0.15, -0.1) is 0 Å².